The number of fused-ring (bicyclic) bond motifs is 3. The molecule has 1 N–H and O–H groups in total. The Morgan fingerprint density at radius 1 is 1.43 bits per heavy atom. The highest BCUT2D eigenvalue weighted by Crippen LogP contribution is 2.42. The van der Waals surface area contributed by atoms with Crippen LogP contribution in [-0.2, 0) is 7.05 Å². The molecule has 0 radical (unpaired) electrons. The van der Waals surface area contributed by atoms with Crippen molar-refractivity contribution in [2.45, 2.75) is 19.8 Å². The monoisotopic (exact) mass is 307 g/mol. The molecule has 0 fully saturated rings. The lowest BCUT2D eigenvalue weighted by molar-refractivity contribution is 0.942. The Labute approximate surface area is 136 Å². The Kier molecular flexibility index (Phi) is 3.86. The Balaban J connectivity index is 2.25. The van der Waals surface area contributed by atoms with E-state index in [4.69, 9.17) is 9.98 Å². The number of hydrogen-bond acceptors (Lipinski definition) is 4. The van der Waals surface area contributed by atoms with E-state index < -0.39 is 0 Å². The second-order valence-corrected chi connectivity index (χ2v) is 5.57. The van der Waals surface area contributed by atoms with E-state index in [1.54, 1.807) is 6.33 Å². The van der Waals surface area contributed by atoms with Crippen LogP contribution in [0, 0.1) is 0 Å². The van der Waals surface area contributed by atoms with Gasteiger partial charge in [-0.2, -0.15) is 0 Å². The second-order valence-electron chi connectivity index (χ2n) is 5.57. The number of nitrogens with zero attached hydrogens (tertiary/aromatic N) is 4. The van der Waals surface area contributed by atoms with Gasteiger partial charge < -0.3 is 9.88 Å². The molecule has 2 aromatic rings. The van der Waals surface area contributed by atoms with Crippen LogP contribution in [0.4, 0.5) is 11.5 Å². The Morgan fingerprint density at radius 2 is 2.22 bits per heavy atom. The minimum atomic E-state index is 0.117. The van der Waals surface area contributed by atoms with Gasteiger partial charge in [-0.05, 0) is 12.5 Å². The van der Waals surface area contributed by atoms with E-state index in [0.717, 1.165) is 39.5 Å². The number of imidazole rings is 1. The van der Waals surface area contributed by atoms with Crippen molar-refractivity contribution in [3.8, 4) is 0 Å². The van der Waals surface area contributed by atoms with Gasteiger partial charge in [0.05, 0.1) is 23.2 Å². The average Bonchev–Trinajstić information content (AvgIpc) is 3.09. The molecule has 3 rings (SSSR count). The van der Waals surface area contributed by atoms with Crippen LogP contribution in [0.15, 0.2) is 47.8 Å². The molecule has 23 heavy (non-hydrogen) atoms. The Morgan fingerprint density at radius 3 is 2.87 bits per heavy atom. The highest BCUT2D eigenvalue weighted by molar-refractivity contribution is 6.14. The molecule has 0 bridgehead atoms. The molecular formula is C18H21N5. The number of aliphatic imine (C=N–C) groups is 1. The summed E-state index contributed by atoms with van der Waals surface area (Å²) in [7, 11) is 3.85. The second kappa shape index (κ2) is 5.83. The van der Waals surface area contributed by atoms with Crippen molar-refractivity contribution < 1.29 is 0 Å². The number of aromatic nitrogens is 3. The SMILES string of the molecule is C=C/C(=C\C=C/C)C1=Nc2c(nc(NC)c3ncn(C)c23)C1C. The van der Waals surface area contributed by atoms with E-state index in [1.807, 2.05) is 49.9 Å². The van der Waals surface area contributed by atoms with E-state index in [2.05, 4.69) is 23.8 Å². The quantitative estimate of drug-likeness (QED) is 0.872. The summed E-state index contributed by atoms with van der Waals surface area (Å²) in [6.07, 6.45) is 9.68. The van der Waals surface area contributed by atoms with Crippen LogP contribution in [-0.4, -0.2) is 27.3 Å². The highest BCUT2D eigenvalue weighted by atomic mass is 15.1. The molecule has 0 aromatic carbocycles. The third-order valence-electron chi connectivity index (χ3n) is 4.13. The summed E-state index contributed by atoms with van der Waals surface area (Å²) in [5, 5.41) is 3.14. The average molecular weight is 307 g/mol. The molecule has 3 heterocycles. The highest BCUT2D eigenvalue weighted by Gasteiger charge is 2.30. The lowest BCUT2D eigenvalue weighted by Gasteiger charge is -2.10. The van der Waals surface area contributed by atoms with Gasteiger partial charge >= 0.3 is 0 Å². The molecule has 0 aliphatic carbocycles. The van der Waals surface area contributed by atoms with E-state index in [9.17, 15) is 0 Å². The molecular weight excluding hydrogens is 286 g/mol. The van der Waals surface area contributed by atoms with E-state index >= 15 is 0 Å². The van der Waals surface area contributed by atoms with Gasteiger partial charge in [-0.25, -0.2) is 15.0 Å². The van der Waals surface area contributed by atoms with Gasteiger partial charge in [-0.3, -0.25) is 0 Å². The van der Waals surface area contributed by atoms with Crippen molar-refractivity contribution >= 4 is 28.3 Å². The molecule has 1 aliphatic rings. The van der Waals surface area contributed by atoms with Gasteiger partial charge in [-0.15, -0.1) is 0 Å². The number of allylic oxidation sites excluding steroid dienone is 5. The largest absolute Gasteiger partial charge is 0.371 e. The summed E-state index contributed by atoms with van der Waals surface area (Å²) in [5.41, 5.74) is 5.77. The molecule has 118 valence electrons. The zero-order chi connectivity index (χ0) is 16.6. The minimum Gasteiger partial charge on any atom is -0.371 e. The summed E-state index contributed by atoms with van der Waals surface area (Å²) in [6, 6.07) is 0. The predicted octanol–water partition coefficient (Wildman–Crippen LogP) is 3.89. The fourth-order valence-corrected chi connectivity index (χ4v) is 2.94. The first-order chi connectivity index (χ1) is 11.1. The number of rotatable bonds is 4. The van der Waals surface area contributed by atoms with E-state index in [-0.39, 0.29) is 5.92 Å². The van der Waals surface area contributed by atoms with Crippen LogP contribution in [0.1, 0.15) is 25.5 Å². The van der Waals surface area contributed by atoms with Crippen LogP contribution >= 0.6 is 0 Å². The first kappa shape index (κ1) is 15.2. The topological polar surface area (TPSA) is 55.1 Å². The molecule has 1 aliphatic heterocycles. The summed E-state index contributed by atoms with van der Waals surface area (Å²) in [6.45, 7) is 8.05. The maximum Gasteiger partial charge on any atom is 0.154 e. The normalized spacial score (nSPS) is 17.7. The summed E-state index contributed by atoms with van der Waals surface area (Å²) >= 11 is 0. The molecule has 0 spiro atoms. The lowest BCUT2D eigenvalue weighted by Crippen LogP contribution is -2.08. The Bertz CT molecular complexity index is 867. The third kappa shape index (κ3) is 2.29. The summed E-state index contributed by atoms with van der Waals surface area (Å²) in [5.74, 6) is 0.908. The van der Waals surface area contributed by atoms with Crippen molar-refractivity contribution in [3.05, 3.63) is 48.5 Å². The predicted molar refractivity (Wildman–Crippen MR) is 96.7 cm³/mol. The number of aryl methyl sites for hydroxylation is 1. The molecule has 0 saturated heterocycles. The maximum atomic E-state index is 4.89. The van der Waals surface area contributed by atoms with Gasteiger partial charge in [0.2, 0.25) is 0 Å². The zero-order valence-corrected chi connectivity index (χ0v) is 14.0. The van der Waals surface area contributed by atoms with Crippen molar-refractivity contribution in [2.75, 3.05) is 12.4 Å². The van der Waals surface area contributed by atoms with Crippen LogP contribution in [0.2, 0.25) is 0 Å². The van der Waals surface area contributed by atoms with Gasteiger partial charge in [-0.1, -0.05) is 37.8 Å². The maximum absolute atomic E-state index is 4.89. The molecule has 1 atom stereocenters. The van der Waals surface area contributed by atoms with Crippen molar-refractivity contribution in [3.63, 3.8) is 0 Å². The summed E-state index contributed by atoms with van der Waals surface area (Å²) < 4.78 is 2.00. The number of pyridine rings is 1. The molecule has 5 heteroatoms. The van der Waals surface area contributed by atoms with Gasteiger partial charge in [0.1, 0.15) is 11.2 Å². The van der Waals surface area contributed by atoms with E-state index in [0.29, 0.717) is 0 Å². The van der Waals surface area contributed by atoms with Crippen molar-refractivity contribution in [2.24, 2.45) is 12.0 Å². The Hall–Kier alpha value is -2.69. The van der Waals surface area contributed by atoms with Gasteiger partial charge in [0.15, 0.2) is 5.82 Å². The smallest absolute Gasteiger partial charge is 0.154 e. The van der Waals surface area contributed by atoms with Crippen LogP contribution in [0.3, 0.4) is 0 Å². The first-order valence-corrected chi connectivity index (χ1v) is 7.69. The fourth-order valence-electron chi connectivity index (χ4n) is 2.94. The number of nitrogens with one attached hydrogen (secondary N) is 1. The van der Waals surface area contributed by atoms with Gasteiger partial charge in [0, 0.05) is 20.0 Å². The van der Waals surface area contributed by atoms with Crippen LogP contribution < -0.4 is 5.32 Å². The fraction of sp³-hybridized carbons (Fsp3) is 0.278. The molecule has 0 amide bonds. The number of anilines is 1. The molecule has 5 nitrogen and oxygen atoms in total. The lowest BCUT2D eigenvalue weighted by atomic mass is 9.96. The van der Waals surface area contributed by atoms with Crippen molar-refractivity contribution in [1.82, 2.24) is 14.5 Å². The van der Waals surface area contributed by atoms with Crippen molar-refractivity contribution in [1.29, 1.82) is 0 Å². The van der Waals surface area contributed by atoms with Crippen LogP contribution in [0.5, 0.6) is 0 Å². The minimum absolute atomic E-state index is 0.117. The molecule has 0 saturated carbocycles. The van der Waals surface area contributed by atoms with Crippen LogP contribution in [0.25, 0.3) is 11.0 Å². The summed E-state index contributed by atoms with van der Waals surface area (Å²) in [4.78, 5) is 14.1. The molecule has 2 aromatic heterocycles. The van der Waals surface area contributed by atoms with Gasteiger partial charge in [0.25, 0.3) is 0 Å². The standard InChI is InChI=1S/C18H21N5/c1-6-8-9-12(7-2)13-11(3)14-15(21-13)17-16(18(19-4)22-14)20-10-23(17)5/h6-11H,2H2,1,3-5H3,(H,19,22)/b8-6-,12-9+. The van der Waals surface area contributed by atoms with E-state index in [1.165, 1.54) is 0 Å². The third-order valence-corrected chi connectivity index (χ3v) is 4.13. The molecule has 1 unspecified atom stereocenters. The first-order valence-electron chi connectivity index (χ1n) is 7.69. The zero-order valence-electron chi connectivity index (χ0n) is 14.0. The number of hydrogen-bond donors (Lipinski definition) is 1.